The number of carbonyl (C=O) groups is 1. The smallest absolute Gasteiger partial charge is 0.230 e. The summed E-state index contributed by atoms with van der Waals surface area (Å²) in [7, 11) is 0. The molecule has 1 amide bonds. The van der Waals surface area contributed by atoms with Crippen molar-refractivity contribution in [3.63, 3.8) is 0 Å². The van der Waals surface area contributed by atoms with Crippen LogP contribution in [0.3, 0.4) is 0 Å². The standard InChI is InChI=1S/C16H24N2O/c1-3-16(8-4-5-9-16)15(19)18-14-10-13(11-17)7-6-12(14)2/h6-7,10H,3-5,8-9,11,17H2,1-2H3,(H,18,19). The van der Waals surface area contributed by atoms with E-state index in [-0.39, 0.29) is 11.3 Å². The van der Waals surface area contributed by atoms with E-state index < -0.39 is 0 Å². The number of nitrogens with one attached hydrogen (secondary N) is 1. The van der Waals surface area contributed by atoms with Crippen LogP contribution in [-0.2, 0) is 11.3 Å². The second-order valence-electron chi connectivity index (χ2n) is 5.65. The summed E-state index contributed by atoms with van der Waals surface area (Å²) in [5.74, 6) is 0.185. The molecule has 1 aliphatic carbocycles. The number of anilines is 1. The molecule has 0 unspecified atom stereocenters. The van der Waals surface area contributed by atoms with Crippen LogP contribution in [0.5, 0.6) is 0 Å². The monoisotopic (exact) mass is 260 g/mol. The van der Waals surface area contributed by atoms with E-state index in [0.717, 1.165) is 36.1 Å². The molecule has 104 valence electrons. The van der Waals surface area contributed by atoms with Gasteiger partial charge >= 0.3 is 0 Å². The van der Waals surface area contributed by atoms with Crippen molar-refractivity contribution in [3.8, 4) is 0 Å². The first-order valence-electron chi connectivity index (χ1n) is 7.22. The molecule has 0 spiro atoms. The zero-order chi connectivity index (χ0) is 13.9. The van der Waals surface area contributed by atoms with Gasteiger partial charge in [-0.25, -0.2) is 0 Å². The lowest BCUT2D eigenvalue weighted by Gasteiger charge is -2.26. The van der Waals surface area contributed by atoms with Crippen LogP contribution in [0.15, 0.2) is 18.2 Å². The number of nitrogens with two attached hydrogens (primary N) is 1. The number of amides is 1. The maximum atomic E-state index is 12.6. The fraction of sp³-hybridized carbons (Fsp3) is 0.562. The molecular formula is C16H24N2O. The molecule has 1 aromatic rings. The minimum Gasteiger partial charge on any atom is -0.326 e. The number of hydrogen-bond donors (Lipinski definition) is 2. The van der Waals surface area contributed by atoms with E-state index in [1.54, 1.807) is 0 Å². The summed E-state index contributed by atoms with van der Waals surface area (Å²) < 4.78 is 0. The minimum absolute atomic E-state index is 0.148. The molecule has 1 saturated carbocycles. The van der Waals surface area contributed by atoms with Crippen molar-refractivity contribution in [3.05, 3.63) is 29.3 Å². The lowest BCUT2D eigenvalue weighted by molar-refractivity contribution is -0.125. The SMILES string of the molecule is CCC1(C(=O)Nc2cc(CN)ccc2C)CCCC1. The normalized spacial score (nSPS) is 17.4. The summed E-state index contributed by atoms with van der Waals surface area (Å²) in [6.07, 6.45) is 5.30. The highest BCUT2D eigenvalue weighted by molar-refractivity contribution is 5.96. The zero-order valence-corrected chi connectivity index (χ0v) is 12.0. The van der Waals surface area contributed by atoms with Crippen molar-refractivity contribution >= 4 is 11.6 Å². The summed E-state index contributed by atoms with van der Waals surface area (Å²) in [4.78, 5) is 12.6. The van der Waals surface area contributed by atoms with E-state index in [4.69, 9.17) is 5.73 Å². The van der Waals surface area contributed by atoms with Gasteiger partial charge in [0.05, 0.1) is 0 Å². The fourth-order valence-electron chi connectivity index (χ4n) is 2.98. The van der Waals surface area contributed by atoms with Gasteiger partial charge in [-0.1, -0.05) is 31.9 Å². The van der Waals surface area contributed by atoms with Gasteiger partial charge in [-0.05, 0) is 43.4 Å². The summed E-state index contributed by atoms with van der Waals surface area (Å²) in [5.41, 5.74) is 8.57. The second-order valence-corrected chi connectivity index (χ2v) is 5.65. The number of carbonyl (C=O) groups excluding carboxylic acids is 1. The van der Waals surface area contributed by atoms with Gasteiger partial charge in [-0.2, -0.15) is 0 Å². The van der Waals surface area contributed by atoms with E-state index >= 15 is 0 Å². The van der Waals surface area contributed by atoms with Crippen LogP contribution in [0.4, 0.5) is 5.69 Å². The van der Waals surface area contributed by atoms with E-state index in [1.807, 2.05) is 25.1 Å². The first-order chi connectivity index (χ1) is 9.11. The lowest BCUT2D eigenvalue weighted by Crippen LogP contribution is -2.33. The molecule has 2 rings (SSSR count). The Morgan fingerprint density at radius 2 is 2.05 bits per heavy atom. The Labute approximate surface area is 115 Å². The highest BCUT2D eigenvalue weighted by atomic mass is 16.2. The van der Waals surface area contributed by atoms with Gasteiger partial charge in [0.1, 0.15) is 0 Å². The Balaban J connectivity index is 2.18. The number of aryl methyl sites for hydroxylation is 1. The largest absolute Gasteiger partial charge is 0.326 e. The van der Waals surface area contributed by atoms with Gasteiger partial charge in [-0.3, -0.25) is 4.79 Å². The van der Waals surface area contributed by atoms with E-state index in [2.05, 4.69) is 12.2 Å². The summed E-state index contributed by atoms with van der Waals surface area (Å²) >= 11 is 0. The molecule has 0 aliphatic heterocycles. The third kappa shape index (κ3) is 2.81. The molecule has 3 nitrogen and oxygen atoms in total. The molecule has 3 N–H and O–H groups in total. The molecule has 0 atom stereocenters. The van der Waals surface area contributed by atoms with Crippen LogP contribution < -0.4 is 11.1 Å². The second kappa shape index (κ2) is 5.74. The molecule has 1 aliphatic rings. The van der Waals surface area contributed by atoms with E-state index in [0.29, 0.717) is 6.54 Å². The molecule has 0 aromatic heterocycles. The number of benzene rings is 1. The average molecular weight is 260 g/mol. The fourth-order valence-corrected chi connectivity index (χ4v) is 2.98. The number of rotatable bonds is 4. The van der Waals surface area contributed by atoms with E-state index in [9.17, 15) is 4.79 Å². The third-order valence-corrected chi connectivity index (χ3v) is 4.50. The Hall–Kier alpha value is -1.35. The van der Waals surface area contributed by atoms with Gasteiger partial charge in [-0.15, -0.1) is 0 Å². The Bertz CT molecular complexity index is 462. The van der Waals surface area contributed by atoms with Crippen molar-refractivity contribution in [2.24, 2.45) is 11.1 Å². The summed E-state index contributed by atoms with van der Waals surface area (Å²) in [6, 6.07) is 6.02. The zero-order valence-electron chi connectivity index (χ0n) is 12.0. The quantitative estimate of drug-likeness (QED) is 0.872. The van der Waals surface area contributed by atoms with Crippen LogP contribution in [0.2, 0.25) is 0 Å². The van der Waals surface area contributed by atoms with Crippen LogP contribution in [-0.4, -0.2) is 5.91 Å². The van der Waals surface area contributed by atoms with Gasteiger partial charge in [0.2, 0.25) is 5.91 Å². The van der Waals surface area contributed by atoms with Gasteiger partial charge in [0.25, 0.3) is 0 Å². The van der Waals surface area contributed by atoms with Gasteiger partial charge in [0, 0.05) is 17.6 Å². The Morgan fingerprint density at radius 3 is 2.63 bits per heavy atom. The van der Waals surface area contributed by atoms with Crippen molar-refractivity contribution in [1.29, 1.82) is 0 Å². The molecular weight excluding hydrogens is 236 g/mol. The highest BCUT2D eigenvalue weighted by Gasteiger charge is 2.39. The molecule has 1 aromatic carbocycles. The van der Waals surface area contributed by atoms with Crippen LogP contribution in [0.25, 0.3) is 0 Å². The molecule has 0 heterocycles. The molecule has 0 bridgehead atoms. The molecule has 1 fully saturated rings. The first kappa shape index (κ1) is 14.1. The summed E-state index contributed by atoms with van der Waals surface area (Å²) in [5, 5.41) is 3.12. The lowest BCUT2D eigenvalue weighted by atomic mass is 9.82. The van der Waals surface area contributed by atoms with Crippen molar-refractivity contribution in [2.45, 2.75) is 52.5 Å². The Kier molecular flexibility index (Phi) is 4.25. The third-order valence-electron chi connectivity index (χ3n) is 4.50. The topological polar surface area (TPSA) is 55.1 Å². The highest BCUT2D eigenvalue weighted by Crippen LogP contribution is 2.42. The Morgan fingerprint density at radius 1 is 1.37 bits per heavy atom. The first-order valence-corrected chi connectivity index (χ1v) is 7.22. The van der Waals surface area contributed by atoms with Crippen LogP contribution in [0, 0.1) is 12.3 Å². The average Bonchev–Trinajstić information content (AvgIpc) is 2.91. The maximum Gasteiger partial charge on any atom is 0.230 e. The van der Waals surface area contributed by atoms with Crippen molar-refractivity contribution in [2.75, 3.05) is 5.32 Å². The van der Waals surface area contributed by atoms with Crippen molar-refractivity contribution < 1.29 is 4.79 Å². The predicted molar refractivity (Wildman–Crippen MR) is 78.9 cm³/mol. The number of hydrogen-bond acceptors (Lipinski definition) is 2. The van der Waals surface area contributed by atoms with Crippen LogP contribution >= 0.6 is 0 Å². The van der Waals surface area contributed by atoms with E-state index in [1.165, 1.54) is 12.8 Å². The minimum atomic E-state index is -0.148. The van der Waals surface area contributed by atoms with Gasteiger partial charge < -0.3 is 11.1 Å². The van der Waals surface area contributed by atoms with Crippen molar-refractivity contribution in [1.82, 2.24) is 0 Å². The molecule has 3 heteroatoms. The summed E-state index contributed by atoms with van der Waals surface area (Å²) in [6.45, 7) is 4.64. The molecule has 0 radical (unpaired) electrons. The predicted octanol–water partition coefficient (Wildman–Crippen LogP) is 3.36. The van der Waals surface area contributed by atoms with Crippen LogP contribution in [0.1, 0.15) is 50.2 Å². The maximum absolute atomic E-state index is 12.6. The molecule has 19 heavy (non-hydrogen) atoms. The molecule has 0 saturated heterocycles. The van der Waals surface area contributed by atoms with Gasteiger partial charge in [0.15, 0.2) is 0 Å².